The van der Waals surface area contributed by atoms with Gasteiger partial charge in [-0.2, -0.15) is 0 Å². The van der Waals surface area contributed by atoms with Crippen molar-refractivity contribution in [3.05, 3.63) is 29.6 Å². The third-order valence-corrected chi connectivity index (χ3v) is 4.59. The third kappa shape index (κ3) is 2.54. The maximum Gasteiger partial charge on any atom is 0.146 e. The molecule has 0 bridgehead atoms. The predicted octanol–water partition coefficient (Wildman–Crippen LogP) is 2.55. The Balaban J connectivity index is 1.91. The molecule has 110 valence electrons. The van der Waals surface area contributed by atoms with Gasteiger partial charge in [0.1, 0.15) is 5.82 Å². The fourth-order valence-corrected chi connectivity index (χ4v) is 3.61. The van der Waals surface area contributed by atoms with Gasteiger partial charge in [-0.25, -0.2) is 4.39 Å². The Bertz CT molecular complexity index is 478. The number of benzene rings is 1. The number of nitrogens with zero attached hydrogens (tertiary/aromatic N) is 2. The Labute approximate surface area is 120 Å². The molecule has 0 radical (unpaired) electrons. The first-order valence-electron chi connectivity index (χ1n) is 7.62. The van der Waals surface area contributed by atoms with E-state index in [-0.39, 0.29) is 5.82 Å². The lowest BCUT2D eigenvalue weighted by Crippen LogP contribution is -2.37. The summed E-state index contributed by atoms with van der Waals surface area (Å²) in [5.41, 5.74) is 1.31. The standard InChI is InChI=1S/C16H23FN2O/c1-12(20)14-6-2-7-15(17)16(14)19-10-4-9-18-8-3-5-13(18)11-19/h2,6-7,12-13,20H,3-5,8-11H2,1H3. The number of aliphatic hydroxyl groups is 1. The van der Waals surface area contributed by atoms with E-state index in [1.807, 2.05) is 6.07 Å². The number of aliphatic hydroxyl groups excluding tert-OH is 1. The molecule has 3 nitrogen and oxygen atoms in total. The van der Waals surface area contributed by atoms with Gasteiger partial charge in [-0.3, -0.25) is 4.90 Å². The van der Waals surface area contributed by atoms with Gasteiger partial charge in [-0.15, -0.1) is 0 Å². The molecule has 2 heterocycles. The minimum atomic E-state index is -0.636. The van der Waals surface area contributed by atoms with Crippen molar-refractivity contribution in [3.8, 4) is 0 Å². The van der Waals surface area contributed by atoms with Gasteiger partial charge in [-0.1, -0.05) is 12.1 Å². The molecule has 2 aliphatic rings. The molecule has 1 N–H and O–H groups in total. The van der Waals surface area contributed by atoms with Gasteiger partial charge >= 0.3 is 0 Å². The summed E-state index contributed by atoms with van der Waals surface area (Å²) < 4.78 is 14.3. The summed E-state index contributed by atoms with van der Waals surface area (Å²) in [5, 5.41) is 9.91. The Morgan fingerprint density at radius 1 is 1.25 bits per heavy atom. The lowest BCUT2D eigenvalue weighted by atomic mass is 10.1. The molecule has 0 aliphatic carbocycles. The van der Waals surface area contributed by atoms with Crippen LogP contribution >= 0.6 is 0 Å². The van der Waals surface area contributed by atoms with Crippen LogP contribution in [0.15, 0.2) is 18.2 Å². The van der Waals surface area contributed by atoms with Crippen LogP contribution < -0.4 is 4.90 Å². The van der Waals surface area contributed by atoms with E-state index in [0.717, 1.165) is 26.1 Å². The summed E-state index contributed by atoms with van der Waals surface area (Å²) in [4.78, 5) is 4.68. The molecule has 2 atom stereocenters. The van der Waals surface area contributed by atoms with Gasteiger partial charge < -0.3 is 10.0 Å². The molecule has 4 heteroatoms. The average molecular weight is 278 g/mol. The number of para-hydroxylation sites is 1. The Morgan fingerprint density at radius 2 is 2.05 bits per heavy atom. The fraction of sp³-hybridized carbons (Fsp3) is 0.625. The fourth-order valence-electron chi connectivity index (χ4n) is 3.61. The van der Waals surface area contributed by atoms with Crippen LogP contribution in [0.3, 0.4) is 0 Å². The molecular formula is C16H23FN2O. The Hall–Kier alpha value is -1.13. The lowest BCUT2D eigenvalue weighted by molar-refractivity contribution is 0.199. The number of hydrogen-bond donors (Lipinski definition) is 1. The van der Waals surface area contributed by atoms with Crippen LogP contribution in [0.25, 0.3) is 0 Å². The second-order valence-electron chi connectivity index (χ2n) is 5.99. The molecule has 2 fully saturated rings. The first kappa shape index (κ1) is 13.8. The topological polar surface area (TPSA) is 26.7 Å². The van der Waals surface area contributed by atoms with Crippen LogP contribution in [0, 0.1) is 5.82 Å². The number of fused-ring (bicyclic) bond motifs is 1. The smallest absolute Gasteiger partial charge is 0.146 e. The predicted molar refractivity (Wildman–Crippen MR) is 78.5 cm³/mol. The summed E-state index contributed by atoms with van der Waals surface area (Å²) in [6.07, 6.45) is 2.88. The van der Waals surface area contributed by atoms with Crippen molar-refractivity contribution in [2.24, 2.45) is 0 Å². The van der Waals surface area contributed by atoms with Crippen molar-refractivity contribution in [2.75, 3.05) is 31.1 Å². The molecule has 0 amide bonds. The van der Waals surface area contributed by atoms with Crippen molar-refractivity contribution in [1.82, 2.24) is 4.90 Å². The van der Waals surface area contributed by atoms with Gasteiger partial charge in [0.15, 0.2) is 0 Å². The highest BCUT2D eigenvalue weighted by atomic mass is 19.1. The van der Waals surface area contributed by atoms with Crippen LogP contribution in [0.2, 0.25) is 0 Å². The summed E-state index contributed by atoms with van der Waals surface area (Å²) in [6, 6.07) is 5.55. The van der Waals surface area contributed by atoms with Crippen molar-refractivity contribution in [3.63, 3.8) is 0 Å². The molecule has 2 aliphatic heterocycles. The van der Waals surface area contributed by atoms with Crippen molar-refractivity contribution < 1.29 is 9.50 Å². The van der Waals surface area contributed by atoms with E-state index in [1.165, 1.54) is 25.5 Å². The summed E-state index contributed by atoms with van der Waals surface area (Å²) in [6.45, 7) is 5.74. The van der Waals surface area contributed by atoms with Crippen LogP contribution in [0.4, 0.5) is 10.1 Å². The van der Waals surface area contributed by atoms with Crippen LogP contribution in [-0.4, -0.2) is 42.2 Å². The minimum absolute atomic E-state index is 0.213. The molecule has 1 aromatic carbocycles. The van der Waals surface area contributed by atoms with E-state index in [1.54, 1.807) is 13.0 Å². The van der Waals surface area contributed by atoms with E-state index in [2.05, 4.69) is 9.80 Å². The molecule has 2 unspecified atom stereocenters. The monoisotopic (exact) mass is 278 g/mol. The normalized spacial score (nSPS) is 25.4. The van der Waals surface area contributed by atoms with Gasteiger partial charge in [0.2, 0.25) is 0 Å². The highest BCUT2D eigenvalue weighted by Crippen LogP contribution is 2.32. The number of halogens is 1. The molecule has 0 saturated carbocycles. The van der Waals surface area contributed by atoms with Gasteiger partial charge in [0.05, 0.1) is 11.8 Å². The van der Waals surface area contributed by atoms with Gasteiger partial charge in [0.25, 0.3) is 0 Å². The Morgan fingerprint density at radius 3 is 2.85 bits per heavy atom. The second-order valence-corrected chi connectivity index (χ2v) is 5.99. The summed E-state index contributed by atoms with van der Waals surface area (Å²) >= 11 is 0. The number of anilines is 1. The van der Waals surface area contributed by atoms with E-state index in [4.69, 9.17) is 0 Å². The molecule has 2 saturated heterocycles. The number of rotatable bonds is 2. The second kappa shape index (κ2) is 5.70. The van der Waals surface area contributed by atoms with Crippen LogP contribution in [0.1, 0.15) is 37.9 Å². The molecule has 0 aromatic heterocycles. The average Bonchev–Trinajstić information content (AvgIpc) is 2.76. The van der Waals surface area contributed by atoms with Crippen LogP contribution in [0.5, 0.6) is 0 Å². The maximum atomic E-state index is 14.3. The van der Waals surface area contributed by atoms with Crippen molar-refractivity contribution in [1.29, 1.82) is 0 Å². The van der Waals surface area contributed by atoms with E-state index < -0.39 is 6.10 Å². The highest BCUT2D eigenvalue weighted by Gasteiger charge is 2.30. The zero-order valence-electron chi connectivity index (χ0n) is 12.1. The van der Waals surface area contributed by atoms with Crippen LogP contribution in [-0.2, 0) is 0 Å². The molecule has 1 aromatic rings. The zero-order chi connectivity index (χ0) is 14.1. The zero-order valence-corrected chi connectivity index (χ0v) is 12.1. The minimum Gasteiger partial charge on any atom is -0.389 e. The summed E-state index contributed by atoms with van der Waals surface area (Å²) in [7, 11) is 0. The molecule has 0 spiro atoms. The summed E-state index contributed by atoms with van der Waals surface area (Å²) in [5.74, 6) is -0.213. The SMILES string of the molecule is CC(O)c1cccc(F)c1N1CCCN2CCCC2C1. The van der Waals surface area contributed by atoms with E-state index in [9.17, 15) is 9.50 Å². The maximum absolute atomic E-state index is 14.3. The molecular weight excluding hydrogens is 255 g/mol. The highest BCUT2D eigenvalue weighted by molar-refractivity contribution is 5.56. The lowest BCUT2D eigenvalue weighted by Gasteiger charge is -2.30. The van der Waals surface area contributed by atoms with Crippen molar-refractivity contribution >= 4 is 5.69 Å². The van der Waals surface area contributed by atoms with E-state index >= 15 is 0 Å². The van der Waals surface area contributed by atoms with Gasteiger partial charge in [-0.05, 0) is 38.8 Å². The number of hydrogen-bond acceptors (Lipinski definition) is 3. The quantitative estimate of drug-likeness (QED) is 0.900. The first-order chi connectivity index (χ1) is 9.66. The van der Waals surface area contributed by atoms with Gasteiger partial charge in [0, 0.05) is 31.2 Å². The van der Waals surface area contributed by atoms with E-state index in [0.29, 0.717) is 17.3 Å². The third-order valence-electron chi connectivity index (χ3n) is 4.59. The molecule has 20 heavy (non-hydrogen) atoms. The Kier molecular flexibility index (Phi) is 3.94. The first-order valence-corrected chi connectivity index (χ1v) is 7.62. The van der Waals surface area contributed by atoms with Crippen molar-refractivity contribution in [2.45, 2.75) is 38.3 Å². The molecule has 3 rings (SSSR count). The largest absolute Gasteiger partial charge is 0.389 e.